The minimum absolute atomic E-state index is 0.0640. The number of nitrogens with one attached hydrogen (secondary N) is 1. The number of halogens is 2. The Morgan fingerprint density at radius 1 is 1.50 bits per heavy atom. The van der Waals surface area contributed by atoms with E-state index in [-0.39, 0.29) is 11.9 Å². The van der Waals surface area contributed by atoms with E-state index in [1.807, 2.05) is 19.1 Å². The van der Waals surface area contributed by atoms with Crippen LogP contribution in [0.25, 0.3) is 0 Å². The van der Waals surface area contributed by atoms with Crippen molar-refractivity contribution >= 4 is 49.1 Å². The highest BCUT2D eigenvalue weighted by Gasteiger charge is 2.15. The molecule has 1 N–H and O–H groups in total. The highest BCUT2D eigenvalue weighted by atomic mass is 79.9. The molecule has 0 radical (unpaired) electrons. The summed E-state index contributed by atoms with van der Waals surface area (Å²) >= 11 is 8.15. The number of hydrogen-bond acceptors (Lipinski definition) is 3. The predicted octanol–water partition coefficient (Wildman–Crippen LogP) is 4.16. The van der Waals surface area contributed by atoms with Crippen molar-refractivity contribution in [2.45, 2.75) is 13.0 Å². The lowest BCUT2D eigenvalue weighted by molar-refractivity contribution is 0.0944. The van der Waals surface area contributed by atoms with Crippen LogP contribution in [0.15, 0.2) is 38.9 Å². The molecule has 0 aromatic carbocycles. The van der Waals surface area contributed by atoms with Gasteiger partial charge in [-0.15, -0.1) is 11.3 Å². The van der Waals surface area contributed by atoms with Crippen molar-refractivity contribution in [3.8, 4) is 0 Å². The van der Waals surface area contributed by atoms with Gasteiger partial charge in [0.2, 0.25) is 0 Å². The monoisotopic (exact) mass is 388 g/mol. The molecule has 6 heteroatoms. The Balaban J connectivity index is 2.08. The number of thiophene rings is 1. The molecular weight excluding hydrogens is 380 g/mol. The molecule has 1 atom stereocenters. The molecule has 94 valence electrons. The molecule has 2 aromatic rings. The van der Waals surface area contributed by atoms with Crippen LogP contribution in [0.1, 0.15) is 28.2 Å². The van der Waals surface area contributed by atoms with Crippen molar-refractivity contribution in [2.24, 2.45) is 0 Å². The molecule has 0 fully saturated rings. The molecule has 0 saturated heterocycles. The summed E-state index contributed by atoms with van der Waals surface area (Å²) in [4.78, 5) is 16.7. The number of pyridine rings is 1. The average Bonchev–Trinajstić information content (AvgIpc) is 2.71. The minimum Gasteiger partial charge on any atom is -0.345 e. The van der Waals surface area contributed by atoms with Gasteiger partial charge in [0, 0.05) is 16.9 Å². The summed E-state index contributed by atoms with van der Waals surface area (Å²) in [5.41, 5.74) is 0.987. The second-order valence-electron chi connectivity index (χ2n) is 3.71. The van der Waals surface area contributed by atoms with Gasteiger partial charge in [-0.1, -0.05) is 6.07 Å². The summed E-state index contributed by atoms with van der Waals surface area (Å²) in [7, 11) is 0. The molecule has 0 saturated carbocycles. The van der Waals surface area contributed by atoms with E-state index in [4.69, 9.17) is 0 Å². The van der Waals surface area contributed by atoms with E-state index in [2.05, 4.69) is 42.2 Å². The van der Waals surface area contributed by atoms with Crippen molar-refractivity contribution in [2.75, 3.05) is 0 Å². The summed E-state index contributed by atoms with van der Waals surface area (Å²) in [6.07, 6.45) is 3.47. The fourth-order valence-corrected chi connectivity index (χ4v) is 3.38. The lowest BCUT2D eigenvalue weighted by atomic mass is 10.1. The van der Waals surface area contributed by atoms with E-state index in [9.17, 15) is 4.79 Å². The lowest BCUT2D eigenvalue weighted by Crippen LogP contribution is -2.25. The van der Waals surface area contributed by atoms with E-state index in [1.165, 1.54) is 11.3 Å². The number of rotatable bonds is 3. The second kappa shape index (κ2) is 5.95. The fourth-order valence-electron chi connectivity index (χ4n) is 1.44. The zero-order chi connectivity index (χ0) is 13.1. The molecule has 0 unspecified atom stereocenters. The third-order valence-electron chi connectivity index (χ3n) is 2.40. The Kier molecular flexibility index (Phi) is 4.53. The van der Waals surface area contributed by atoms with Gasteiger partial charge in [0.25, 0.3) is 5.91 Å². The summed E-state index contributed by atoms with van der Waals surface area (Å²) in [6.45, 7) is 1.94. The fraction of sp³-hybridized carbons (Fsp3) is 0.167. The Morgan fingerprint density at radius 2 is 2.28 bits per heavy atom. The first-order valence-corrected chi connectivity index (χ1v) is 7.64. The predicted molar refractivity (Wildman–Crippen MR) is 79.8 cm³/mol. The largest absolute Gasteiger partial charge is 0.345 e. The van der Waals surface area contributed by atoms with Crippen molar-refractivity contribution in [3.63, 3.8) is 0 Å². The maximum Gasteiger partial charge on any atom is 0.261 e. The summed E-state index contributed by atoms with van der Waals surface area (Å²) < 4.78 is 1.81. The SMILES string of the molecule is C[C@@H](NC(=O)c1cc(Br)c(Br)s1)c1cccnc1. The van der Waals surface area contributed by atoms with Crippen LogP contribution in [0.2, 0.25) is 0 Å². The van der Waals surface area contributed by atoms with Gasteiger partial charge in [0.05, 0.1) is 14.7 Å². The van der Waals surface area contributed by atoms with Gasteiger partial charge in [-0.2, -0.15) is 0 Å². The normalized spacial score (nSPS) is 12.2. The summed E-state index contributed by atoms with van der Waals surface area (Å²) in [5.74, 6) is -0.0808. The van der Waals surface area contributed by atoms with Crippen molar-refractivity contribution in [3.05, 3.63) is 49.3 Å². The Labute approximate surface area is 126 Å². The number of carbonyl (C=O) groups is 1. The van der Waals surface area contributed by atoms with Gasteiger partial charge < -0.3 is 5.32 Å². The van der Waals surface area contributed by atoms with Crippen molar-refractivity contribution < 1.29 is 4.79 Å². The van der Waals surface area contributed by atoms with Crippen LogP contribution in [-0.4, -0.2) is 10.9 Å². The van der Waals surface area contributed by atoms with Crippen LogP contribution in [-0.2, 0) is 0 Å². The standard InChI is InChI=1S/C12H10Br2N2OS/c1-7(8-3-2-4-15-6-8)16-12(17)10-5-9(13)11(14)18-10/h2-7H,1H3,(H,16,17)/t7-/m1/s1. The molecule has 0 aliphatic rings. The lowest BCUT2D eigenvalue weighted by Gasteiger charge is -2.12. The molecule has 0 bridgehead atoms. The number of aromatic nitrogens is 1. The first-order valence-electron chi connectivity index (χ1n) is 5.23. The molecule has 2 aromatic heterocycles. The van der Waals surface area contributed by atoms with Crippen LogP contribution in [0.4, 0.5) is 0 Å². The molecule has 0 aliphatic heterocycles. The van der Waals surface area contributed by atoms with Gasteiger partial charge in [-0.25, -0.2) is 0 Å². The van der Waals surface area contributed by atoms with Crippen LogP contribution >= 0.6 is 43.2 Å². The molecule has 0 aliphatic carbocycles. The Hall–Kier alpha value is -0.720. The van der Waals surface area contributed by atoms with Crippen LogP contribution in [0, 0.1) is 0 Å². The van der Waals surface area contributed by atoms with E-state index >= 15 is 0 Å². The highest BCUT2D eigenvalue weighted by molar-refractivity contribution is 9.13. The first-order chi connectivity index (χ1) is 8.58. The number of nitrogens with zero attached hydrogens (tertiary/aromatic N) is 1. The van der Waals surface area contributed by atoms with Gasteiger partial charge >= 0.3 is 0 Å². The zero-order valence-corrected chi connectivity index (χ0v) is 13.5. The Morgan fingerprint density at radius 3 is 2.83 bits per heavy atom. The van der Waals surface area contributed by atoms with Gasteiger partial charge in [0.15, 0.2) is 0 Å². The third kappa shape index (κ3) is 3.18. The van der Waals surface area contributed by atoms with Gasteiger partial charge in [0.1, 0.15) is 0 Å². The molecular formula is C12H10Br2N2OS. The van der Waals surface area contributed by atoms with E-state index in [0.29, 0.717) is 4.88 Å². The van der Waals surface area contributed by atoms with Crippen molar-refractivity contribution in [1.29, 1.82) is 0 Å². The summed E-state index contributed by atoms with van der Waals surface area (Å²) in [5, 5.41) is 2.94. The first kappa shape index (κ1) is 13.7. The molecule has 3 nitrogen and oxygen atoms in total. The highest BCUT2D eigenvalue weighted by Crippen LogP contribution is 2.32. The molecule has 18 heavy (non-hydrogen) atoms. The van der Waals surface area contributed by atoms with Gasteiger partial charge in [-0.3, -0.25) is 9.78 Å². The third-order valence-corrected chi connectivity index (χ3v) is 5.66. The van der Waals surface area contributed by atoms with E-state index in [0.717, 1.165) is 13.8 Å². The van der Waals surface area contributed by atoms with Crippen molar-refractivity contribution in [1.82, 2.24) is 10.3 Å². The molecule has 0 spiro atoms. The van der Waals surface area contributed by atoms with E-state index < -0.39 is 0 Å². The van der Waals surface area contributed by atoms with Crippen LogP contribution in [0.3, 0.4) is 0 Å². The number of hydrogen-bond donors (Lipinski definition) is 1. The molecule has 2 heterocycles. The Bertz CT molecular complexity index is 537. The maximum absolute atomic E-state index is 12.0. The minimum atomic E-state index is -0.0808. The smallest absolute Gasteiger partial charge is 0.261 e. The maximum atomic E-state index is 12.0. The molecule has 2 rings (SSSR count). The zero-order valence-electron chi connectivity index (χ0n) is 9.48. The second-order valence-corrected chi connectivity index (χ2v) is 6.94. The molecule has 1 amide bonds. The number of amides is 1. The van der Waals surface area contributed by atoms with Gasteiger partial charge in [-0.05, 0) is 56.5 Å². The summed E-state index contributed by atoms with van der Waals surface area (Å²) in [6, 6.07) is 5.54. The topological polar surface area (TPSA) is 42.0 Å². The quantitative estimate of drug-likeness (QED) is 0.856. The number of carbonyl (C=O) groups excluding carboxylic acids is 1. The van der Waals surface area contributed by atoms with E-state index in [1.54, 1.807) is 18.5 Å². The van der Waals surface area contributed by atoms with Crippen LogP contribution < -0.4 is 5.32 Å². The average molecular weight is 390 g/mol. The van der Waals surface area contributed by atoms with Crippen LogP contribution in [0.5, 0.6) is 0 Å².